The number of aromatic nitrogens is 2. The smallest absolute Gasteiger partial charge is 0.248 e. The van der Waals surface area contributed by atoms with Crippen LogP contribution < -0.4 is 11.5 Å². The summed E-state index contributed by atoms with van der Waals surface area (Å²) in [5.74, 6) is -0.0974. The molecule has 0 saturated carbocycles. The Labute approximate surface area is 187 Å². The third-order valence-corrected chi connectivity index (χ3v) is 5.93. The number of carbonyl (C=O) groups excluding carboxylic acids is 2. The highest BCUT2D eigenvalue weighted by Crippen LogP contribution is 2.34. The Bertz CT molecular complexity index is 1120. The van der Waals surface area contributed by atoms with Gasteiger partial charge in [0.15, 0.2) is 0 Å². The Hall–Kier alpha value is -3.74. The van der Waals surface area contributed by atoms with Crippen LogP contribution in [0.5, 0.6) is 0 Å². The van der Waals surface area contributed by atoms with Crippen LogP contribution in [0.3, 0.4) is 0 Å². The Morgan fingerprint density at radius 1 is 1.09 bits per heavy atom. The van der Waals surface area contributed by atoms with Crippen molar-refractivity contribution in [1.29, 1.82) is 0 Å². The van der Waals surface area contributed by atoms with Crippen LogP contribution in [0.25, 0.3) is 11.1 Å². The first-order valence-corrected chi connectivity index (χ1v) is 10.9. The molecule has 2 heterocycles. The zero-order chi connectivity index (χ0) is 22.5. The fourth-order valence-corrected chi connectivity index (χ4v) is 4.26. The third-order valence-electron chi connectivity index (χ3n) is 5.93. The first kappa shape index (κ1) is 21.5. The maximum absolute atomic E-state index is 12.9. The maximum atomic E-state index is 12.9. The molecule has 7 heteroatoms. The summed E-state index contributed by atoms with van der Waals surface area (Å²) in [6, 6.07) is 17.2. The molecule has 4 N–H and O–H groups in total. The molecular weight excluding hydrogens is 402 g/mol. The number of rotatable bonds is 6. The Kier molecular flexibility index (Phi) is 6.44. The van der Waals surface area contributed by atoms with Crippen LogP contribution >= 0.6 is 0 Å². The molecule has 0 radical (unpaired) electrons. The van der Waals surface area contributed by atoms with Gasteiger partial charge in [-0.25, -0.2) is 9.97 Å². The summed E-state index contributed by atoms with van der Waals surface area (Å²) >= 11 is 0. The van der Waals surface area contributed by atoms with Crippen molar-refractivity contribution < 1.29 is 9.59 Å². The van der Waals surface area contributed by atoms with E-state index >= 15 is 0 Å². The fraction of sp³-hybridized carbons (Fsp3) is 0.280. The highest BCUT2D eigenvalue weighted by atomic mass is 16.2. The predicted octanol–water partition coefficient (Wildman–Crippen LogP) is 3.16. The standard InChI is InChI=1S/C25H27N5O2/c26-24(32)19-9-4-8-18(14-19)21-15-28-25(27)29-23(21)20-10-5-13-30(16-20)22(31)12-11-17-6-2-1-3-7-17/h1-4,6-9,14-15,20H,5,10-13,16H2,(H2,26,32)(H2,27,28,29)/t20-/m0/s1. The zero-order valence-electron chi connectivity index (χ0n) is 17.9. The number of carbonyl (C=O) groups is 2. The fourth-order valence-electron chi connectivity index (χ4n) is 4.26. The monoisotopic (exact) mass is 429 g/mol. The zero-order valence-corrected chi connectivity index (χ0v) is 17.9. The minimum Gasteiger partial charge on any atom is -0.368 e. The van der Waals surface area contributed by atoms with Crippen molar-refractivity contribution in [3.8, 4) is 11.1 Å². The number of benzene rings is 2. The molecule has 1 aromatic heterocycles. The summed E-state index contributed by atoms with van der Waals surface area (Å²) in [6.07, 6.45) is 4.70. The van der Waals surface area contributed by atoms with Gasteiger partial charge in [-0.1, -0.05) is 42.5 Å². The Morgan fingerprint density at radius 2 is 1.91 bits per heavy atom. The van der Waals surface area contributed by atoms with Crippen molar-refractivity contribution in [2.75, 3.05) is 18.8 Å². The van der Waals surface area contributed by atoms with Crippen LogP contribution in [0, 0.1) is 0 Å². The normalized spacial score (nSPS) is 16.0. The van der Waals surface area contributed by atoms with Gasteiger partial charge in [-0.15, -0.1) is 0 Å². The molecule has 1 aliphatic heterocycles. The molecule has 1 atom stereocenters. The number of nitrogen functional groups attached to an aromatic ring is 1. The van der Waals surface area contributed by atoms with E-state index in [0.29, 0.717) is 18.5 Å². The van der Waals surface area contributed by atoms with E-state index in [-0.39, 0.29) is 17.8 Å². The van der Waals surface area contributed by atoms with Crippen LogP contribution in [0.15, 0.2) is 60.8 Å². The van der Waals surface area contributed by atoms with Gasteiger partial charge in [0.2, 0.25) is 17.8 Å². The number of hydrogen-bond donors (Lipinski definition) is 2. The van der Waals surface area contributed by atoms with Gasteiger partial charge < -0.3 is 16.4 Å². The number of anilines is 1. The third kappa shape index (κ3) is 4.94. The van der Waals surface area contributed by atoms with Gasteiger partial charge >= 0.3 is 0 Å². The summed E-state index contributed by atoms with van der Waals surface area (Å²) in [4.78, 5) is 35.2. The van der Waals surface area contributed by atoms with Crippen molar-refractivity contribution in [3.63, 3.8) is 0 Å². The number of primary amides is 1. The quantitative estimate of drug-likeness (QED) is 0.624. The second-order valence-electron chi connectivity index (χ2n) is 8.14. The van der Waals surface area contributed by atoms with Gasteiger partial charge in [0, 0.05) is 42.8 Å². The SMILES string of the molecule is NC(=O)c1cccc(-c2cnc(N)nc2[C@H]2CCCN(C(=O)CCc3ccccc3)C2)c1. The molecule has 32 heavy (non-hydrogen) atoms. The van der Waals surface area contributed by atoms with E-state index in [1.807, 2.05) is 41.3 Å². The van der Waals surface area contributed by atoms with E-state index in [9.17, 15) is 9.59 Å². The maximum Gasteiger partial charge on any atom is 0.248 e. The van der Waals surface area contributed by atoms with E-state index in [1.54, 1.807) is 24.4 Å². The summed E-state index contributed by atoms with van der Waals surface area (Å²) in [6.45, 7) is 1.34. The van der Waals surface area contributed by atoms with Gasteiger partial charge in [0.25, 0.3) is 0 Å². The van der Waals surface area contributed by atoms with Crippen LogP contribution in [0.4, 0.5) is 5.95 Å². The molecule has 2 amide bonds. The average molecular weight is 430 g/mol. The molecular formula is C25H27N5O2. The Balaban J connectivity index is 1.54. The molecule has 164 valence electrons. The van der Waals surface area contributed by atoms with Crippen LogP contribution in [0.2, 0.25) is 0 Å². The highest BCUT2D eigenvalue weighted by Gasteiger charge is 2.28. The first-order valence-electron chi connectivity index (χ1n) is 10.9. The number of amides is 2. The van der Waals surface area contributed by atoms with Gasteiger partial charge in [-0.2, -0.15) is 0 Å². The van der Waals surface area contributed by atoms with Gasteiger partial charge in [-0.3, -0.25) is 9.59 Å². The molecule has 4 rings (SSSR count). The van der Waals surface area contributed by atoms with Crippen LogP contribution in [-0.4, -0.2) is 39.8 Å². The van der Waals surface area contributed by atoms with Crippen molar-refractivity contribution in [2.24, 2.45) is 5.73 Å². The first-order chi connectivity index (χ1) is 15.5. The van der Waals surface area contributed by atoms with Gasteiger partial charge in [0.05, 0.1) is 5.69 Å². The summed E-state index contributed by atoms with van der Waals surface area (Å²) in [5.41, 5.74) is 15.4. The lowest BCUT2D eigenvalue weighted by Gasteiger charge is -2.33. The Morgan fingerprint density at radius 3 is 2.69 bits per heavy atom. The molecule has 0 spiro atoms. The van der Waals surface area contributed by atoms with E-state index in [2.05, 4.69) is 9.97 Å². The predicted molar refractivity (Wildman–Crippen MR) is 124 cm³/mol. The summed E-state index contributed by atoms with van der Waals surface area (Å²) < 4.78 is 0. The molecule has 0 unspecified atom stereocenters. The molecule has 1 saturated heterocycles. The minimum absolute atomic E-state index is 0.0435. The minimum atomic E-state index is -0.488. The number of nitrogens with zero attached hydrogens (tertiary/aromatic N) is 3. The number of hydrogen-bond acceptors (Lipinski definition) is 5. The van der Waals surface area contributed by atoms with E-state index in [4.69, 9.17) is 11.5 Å². The molecule has 1 fully saturated rings. The van der Waals surface area contributed by atoms with E-state index in [1.165, 1.54) is 0 Å². The van der Waals surface area contributed by atoms with E-state index in [0.717, 1.165) is 48.2 Å². The second kappa shape index (κ2) is 9.60. The van der Waals surface area contributed by atoms with E-state index < -0.39 is 5.91 Å². The molecule has 0 bridgehead atoms. The van der Waals surface area contributed by atoms with Crippen molar-refractivity contribution >= 4 is 17.8 Å². The second-order valence-corrected chi connectivity index (χ2v) is 8.14. The molecule has 7 nitrogen and oxygen atoms in total. The van der Waals surface area contributed by atoms with Crippen LogP contribution in [-0.2, 0) is 11.2 Å². The van der Waals surface area contributed by atoms with Crippen molar-refractivity contribution in [2.45, 2.75) is 31.6 Å². The molecule has 1 aliphatic rings. The molecule has 3 aromatic rings. The molecule has 0 aliphatic carbocycles. The molecule has 2 aromatic carbocycles. The average Bonchev–Trinajstić information content (AvgIpc) is 2.83. The van der Waals surface area contributed by atoms with Crippen molar-refractivity contribution in [1.82, 2.24) is 14.9 Å². The number of piperidine rings is 1. The topological polar surface area (TPSA) is 115 Å². The number of likely N-dealkylation sites (tertiary alicyclic amines) is 1. The lowest BCUT2D eigenvalue weighted by molar-refractivity contribution is -0.132. The number of nitrogens with two attached hydrogens (primary N) is 2. The number of aryl methyl sites for hydroxylation is 1. The van der Waals surface area contributed by atoms with Crippen molar-refractivity contribution in [3.05, 3.63) is 77.6 Å². The summed E-state index contributed by atoms with van der Waals surface area (Å²) in [5, 5.41) is 0. The largest absolute Gasteiger partial charge is 0.368 e. The lowest BCUT2D eigenvalue weighted by Crippen LogP contribution is -2.39. The summed E-state index contributed by atoms with van der Waals surface area (Å²) in [7, 11) is 0. The highest BCUT2D eigenvalue weighted by molar-refractivity contribution is 5.94. The lowest BCUT2D eigenvalue weighted by atomic mass is 9.89. The van der Waals surface area contributed by atoms with Gasteiger partial charge in [0.1, 0.15) is 0 Å². The van der Waals surface area contributed by atoms with Gasteiger partial charge in [-0.05, 0) is 42.5 Å². The van der Waals surface area contributed by atoms with Crippen LogP contribution in [0.1, 0.15) is 46.8 Å².